The Morgan fingerprint density at radius 2 is 1.97 bits per heavy atom. The number of carboxylic acids is 1. The van der Waals surface area contributed by atoms with Crippen molar-refractivity contribution in [1.82, 2.24) is 5.32 Å². The van der Waals surface area contributed by atoms with E-state index in [4.69, 9.17) is 19.1 Å². The van der Waals surface area contributed by atoms with E-state index in [0.29, 0.717) is 6.08 Å². The van der Waals surface area contributed by atoms with Gasteiger partial charge in [-0.1, -0.05) is 0 Å². The highest BCUT2D eigenvalue weighted by atomic mass is 32.3. The van der Waals surface area contributed by atoms with Gasteiger partial charge in [-0.3, -0.25) is 9.35 Å². The molecule has 7 atom stereocenters. The van der Waals surface area contributed by atoms with Crippen LogP contribution in [-0.4, -0.2) is 106 Å². The van der Waals surface area contributed by atoms with Gasteiger partial charge in [0.15, 0.2) is 6.10 Å². The van der Waals surface area contributed by atoms with Crippen LogP contribution >= 0.6 is 0 Å². The lowest BCUT2D eigenvalue weighted by molar-refractivity contribution is -0.251. The van der Waals surface area contributed by atoms with Crippen molar-refractivity contribution in [2.45, 2.75) is 49.8 Å². The van der Waals surface area contributed by atoms with Crippen LogP contribution in [0.5, 0.6) is 0 Å². The molecule has 1 aliphatic rings. The van der Waals surface area contributed by atoms with Crippen LogP contribution in [0, 0.1) is 0 Å². The summed E-state index contributed by atoms with van der Waals surface area (Å²) >= 11 is 0. The van der Waals surface area contributed by atoms with Gasteiger partial charge in [0.05, 0.1) is 6.61 Å². The first-order chi connectivity index (χ1) is 13.8. The summed E-state index contributed by atoms with van der Waals surface area (Å²) in [4.78, 5) is 33.4. The molecule has 7 N–H and O–H groups in total. The first-order valence-corrected chi connectivity index (χ1v) is 9.47. The average Bonchev–Trinajstić information content (AvgIpc) is 2.63. The SMILES string of the molecule is CC(=O)NC(C=O)C(O)C(OC1OC(C(=O)O)=CC(O)C1OS(=O)(=O)O)C(O)CO. The van der Waals surface area contributed by atoms with Gasteiger partial charge in [-0.25, -0.2) is 8.98 Å². The van der Waals surface area contributed by atoms with Gasteiger partial charge >= 0.3 is 16.4 Å². The fraction of sp³-hybridized carbons (Fsp3) is 0.643. The van der Waals surface area contributed by atoms with Crippen LogP contribution in [0.3, 0.4) is 0 Å². The topological polar surface area (TPSA) is 246 Å². The summed E-state index contributed by atoms with van der Waals surface area (Å²) in [5, 5.41) is 50.4. The van der Waals surface area contributed by atoms with Crippen molar-refractivity contribution in [1.29, 1.82) is 0 Å². The second kappa shape index (κ2) is 10.7. The molecule has 15 nitrogen and oxygen atoms in total. The summed E-state index contributed by atoms with van der Waals surface area (Å²) in [5.74, 6) is -3.43. The maximum atomic E-state index is 11.2. The summed E-state index contributed by atoms with van der Waals surface area (Å²) in [7, 11) is -5.23. The Kier molecular flexibility index (Phi) is 9.25. The van der Waals surface area contributed by atoms with Gasteiger partial charge < -0.3 is 45.1 Å². The summed E-state index contributed by atoms with van der Waals surface area (Å²) in [6.07, 6.45) is -11.8. The molecule has 1 amide bonds. The maximum absolute atomic E-state index is 11.2. The number of carboxylic acid groups (broad SMARTS) is 1. The lowest BCUT2D eigenvalue weighted by atomic mass is 10.0. The third kappa shape index (κ3) is 7.26. The summed E-state index contributed by atoms with van der Waals surface area (Å²) in [6.45, 7) is -0.0732. The number of carbonyl (C=O) groups is 3. The Morgan fingerprint density at radius 3 is 2.40 bits per heavy atom. The highest BCUT2D eigenvalue weighted by molar-refractivity contribution is 7.80. The lowest BCUT2D eigenvalue weighted by Gasteiger charge is -2.37. The van der Waals surface area contributed by atoms with Crippen LogP contribution in [0.15, 0.2) is 11.8 Å². The molecule has 0 aliphatic carbocycles. The number of hydrogen-bond acceptors (Lipinski definition) is 12. The minimum Gasteiger partial charge on any atom is -0.475 e. The molecule has 1 rings (SSSR count). The average molecular weight is 459 g/mol. The fourth-order valence-corrected chi connectivity index (χ4v) is 2.89. The number of aliphatic hydroxyl groups is 4. The number of ether oxygens (including phenoxy) is 2. The normalized spacial score (nSPS) is 25.8. The van der Waals surface area contributed by atoms with E-state index in [9.17, 15) is 43.2 Å². The number of aliphatic hydroxyl groups excluding tert-OH is 4. The zero-order valence-electron chi connectivity index (χ0n) is 15.3. The van der Waals surface area contributed by atoms with Crippen LogP contribution in [0.25, 0.3) is 0 Å². The van der Waals surface area contributed by atoms with Gasteiger partial charge in [0.25, 0.3) is 0 Å². The Hall–Kier alpha value is -2.18. The number of hydrogen-bond donors (Lipinski definition) is 7. The minimum absolute atomic E-state index is 0.0673. The number of carbonyl (C=O) groups excluding carboxylic acids is 2. The third-order valence-electron chi connectivity index (χ3n) is 3.69. The molecule has 16 heteroatoms. The van der Waals surface area contributed by atoms with Crippen molar-refractivity contribution in [2.24, 2.45) is 0 Å². The highest BCUT2D eigenvalue weighted by Gasteiger charge is 2.45. The van der Waals surface area contributed by atoms with Crippen molar-refractivity contribution < 1.29 is 66.5 Å². The molecule has 0 bridgehead atoms. The van der Waals surface area contributed by atoms with E-state index in [1.165, 1.54) is 0 Å². The van der Waals surface area contributed by atoms with Crippen molar-refractivity contribution in [3.63, 3.8) is 0 Å². The van der Waals surface area contributed by atoms with Gasteiger partial charge in [-0.05, 0) is 6.08 Å². The monoisotopic (exact) mass is 459 g/mol. The van der Waals surface area contributed by atoms with E-state index in [1.807, 2.05) is 5.32 Å². The molecule has 0 aromatic heterocycles. The van der Waals surface area contributed by atoms with Crippen molar-refractivity contribution in [3.8, 4) is 0 Å². The van der Waals surface area contributed by atoms with E-state index < -0.39 is 77.5 Å². The van der Waals surface area contributed by atoms with Gasteiger partial charge in [-0.15, -0.1) is 0 Å². The zero-order valence-corrected chi connectivity index (χ0v) is 16.1. The first kappa shape index (κ1) is 25.9. The second-order valence-corrected chi connectivity index (χ2v) is 7.05. The predicted molar refractivity (Wildman–Crippen MR) is 90.7 cm³/mol. The van der Waals surface area contributed by atoms with E-state index in [0.717, 1.165) is 6.92 Å². The number of amides is 1. The highest BCUT2D eigenvalue weighted by Crippen LogP contribution is 2.26. The van der Waals surface area contributed by atoms with Gasteiger partial charge in [0, 0.05) is 6.92 Å². The summed E-state index contributed by atoms with van der Waals surface area (Å²) in [6, 6.07) is -1.68. The van der Waals surface area contributed by atoms with E-state index in [-0.39, 0.29) is 6.29 Å². The quantitative estimate of drug-likeness (QED) is 0.114. The second-order valence-electron chi connectivity index (χ2n) is 6.01. The molecule has 172 valence electrons. The predicted octanol–water partition coefficient (Wildman–Crippen LogP) is -4.34. The molecule has 0 aromatic carbocycles. The Morgan fingerprint density at radius 1 is 1.37 bits per heavy atom. The molecule has 7 unspecified atom stereocenters. The van der Waals surface area contributed by atoms with Gasteiger partial charge in [0.2, 0.25) is 18.0 Å². The largest absolute Gasteiger partial charge is 0.475 e. The molecule has 0 fully saturated rings. The molecule has 0 aromatic rings. The third-order valence-corrected chi connectivity index (χ3v) is 4.16. The molecule has 0 radical (unpaired) electrons. The van der Waals surface area contributed by atoms with Crippen LogP contribution in [-0.2, 0) is 38.4 Å². The van der Waals surface area contributed by atoms with E-state index >= 15 is 0 Å². The molecular weight excluding hydrogens is 438 g/mol. The zero-order chi connectivity index (χ0) is 23.2. The van der Waals surface area contributed by atoms with Crippen molar-refractivity contribution in [3.05, 3.63) is 11.8 Å². The Labute approximate surface area is 169 Å². The van der Waals surface area contributed by atoms with Crippen molar-refractivity contribution >= 4 is 28.6 Å². The first-order valence-electron chi connectivity index (χ1n) is 8.11. The van der Waals surface area contributed by atoms with E-state index in [2.05, 4.69) is 4.18 Å². The van der Waals surface area contributed by atoms with Gasteiger partial charge in [0.1, 0.15) is 36.7 Å². The minimum atomic E-state index is -5.23. The molecule has 0 saturated heterocycles. The number of nitrogens with one attached hydrogen (secondary N) is 1. The van der Waals surface area contributed by atoms with Crippen LogP contribution < -0.4 is 5.32 Å². The molecule has 1 aliphatic heterocycles. The Bertz CT molecular complexity index is 767. The number of aliphatic carboxylic acids is 1. The summed E-state index contributed by atoms with van der Waals surface area (Å²) in [5.41, 5.74) is 0. The van der Waals surface area contributed by atoms with Crippen molar-refractivity contribution in [2.75, 3.05) is 6.61 Å². The number of aldehydes is 1. The maximum Gasteiger partial charge on any atom is 0.397 e. The standard InChI is InChI=1S/C14H21NO14S/c1-5(18)15-6(3-16)10(21)11(8(20)4-17)28-14-12(29-30(24,25)26)7(19)2-9(27-14)13(22)23/h2-3,6-8,10-12,14,17,19-21H,4H2,1H3,(H,15,18)(H,22,23)(H,24,25,26). The summed E-state index contributed by atoms with van der Waals surface area (Å²) < 4.78 is 45.1. The molecule has 0 saturated carbocycles. The Balaban J connectivity index is 3.27. The smallest absolute Gasteiger partial charge is 0.397 e. The van der Waals surface area contributed by atoms with Gasteiger partial charge in [-0.2, -0.15) is 8.42 Å². The van der Waals surface area contributed by atoms with Crippen LogP contribution in [0.4, 0.5) is 0 Å². The molecular formula is C14H21NO14S. The molecule has 30 heavy (non-hydrogen) atoms. The molecule has 0 spiro atoms. The number of rotatable bonds is 11. The van der Waals surface area contributed by atoms with Crippen LogP contribution in [0.2, 0.25) is 0 Å². The molecule has 1 heterocycles. The fourth-order valence-electron chi connectivity index (χ4n) is 2.41. The van der Waals surface area contributed by atoms with E-state index in [1.54, 1.807) is 0 Å². The van der Waals surface area contributed by atoms with Crippen LogP contribution in [0.1, 0.15) is 6.92 Å². The lowest BCUT2D eigenvalue weighted by Crippen LogP contribution is -2.57.